The number of ether oxygens (including phenoxy) is 3. The van der Waals surface area contributed by atoms with Gasteiger partial charge >= 0.3 is 5.97 Å². The maximum Gasteiger partial charge on any atom is 0.320 e. The zero-order valence-electron chi connectivity index (χ0n) is 26.7. The molecule has 7 heteroatoms. The Hall–Kier alpha value is -0.730. The van der Waals surface area contributed by atoms with Crippen molar-refractivity contribution in [1.82, 2.24) is 10.2 Å². The molecule has 7 fully saturated rings. The fourth-order valence-corrected chi connectivity index (χ4v) is 11.1. The zero-order valence-corrected chi connectivity index (χ0v) is 26.7. The first-order valence-corrected chi connectivity index (χ1v) is 17.9. The maximum absolute atomic E-state index is 12.8. The van der Waals surface area contributed by atoms with Gasteiger partial charge in [-0.1, -0.05) is 32.1 Å². The highest BCUT2D eigenvalue weighted by Gasteiger charge is 2.78. The van der Waals surface area contributed by atoms with E-state index in [9.17, 15) is 9.90 Å². The maximum atomic E-state index is 12.8. The molecule has 7 nitrogen and oxygen atoms in total. The SMILES string of the molecule is CC(C)(C)OC(=O)CN[C@H]1CC[C@@]2(OCCCC3CCCCC3)C3CC4CCC(O)C5O[C@@H]1[C@]2(CCN3CC1CC1)C45. The van der Waals surface area contributed by atoms with Crippen molar-refractivity contribution >= 4 is 5.97 Å². The summed E-state index contributed by atoms with van der Waals surface area (Å²) in [6.07, 6.45) is 17.9. The molecule has 5 saturated carbocycles. The lowest BCUT2D eigenvalue weighted by Gasteiger charge is -2.70. The normalized spacial score (nSPS) is 43.7. The van der Waals surface area contributed by atoms with Gasteiger partial charge in [0, 0.05) is 36.6 Å². The summed E-state index contributed by atoms with van der Waals surface area (Å²) in [5, 5.41) is 15.0. The molecule has 0 aromatic heterocycles. The Kier molecular flexibility index (Phi) is 8.25. The van der Waals surface area contributed by atoms with Gasteiger partial charge in [0.1, 0.15) is 5.60 Å². The minimum atomic E-state index is -0.494. The Morgan fingerprint density at radius 1 is 1.02 bits per heavy atom. The van der Waals surface area contributed by atoms with E-state index in [2.05, 4.69) is 10.2 Å². The summed E-state index contributed by atoms with van der Waals surface area (Å²) in [6.45, 7) is 9.16. The molecule has 238 valence electrons. The second kappa shape index (κ2) is 11.6. The molecule has 7 rings (SSSR count). The molecule has 5 aliphatic carbocycles. The smallest absolute Gasteiger partial charge is 0.320 e. The average Bonchev–Trinajstić information content (AvgIpc) is 3.70. The number of likely N-dealkylation sites (tertiary alicyclic amines) is 1. The van der Waals surface area contributed by atoms with Crippen LogP contribution in [0.3, 0.4) is 0 Å². The predicted octanol–water partition coefficient (Wildman–Crippen LogP) is 5.22. The van der Waals surface area contributed by atoms with Crippen LogP contribution in [0, 0.1) is 29.1 Å². The molecule has 1 spiro atoms. The number of piperidine rings is 1. The first-order valence-electron chi connectivity index (χ1n) is 17.9. The highest BCUT2D eigenvalue weighted by Crippen LogP contribution is 2.71. The van der Waals surface area contributed by atoms with Crippen molar-refractivity contribution in [3.63, 3.8) is 0 Å². The van der Waals surface area contributed by atoms with Gasteiger partial charge in [-0.2, -0.15) is 0 Å². The number of hydrogen-bond acceptors (Lipinski definition) is 7. The molecule has 0 amide bonds. The van der Waals surface area contributed by atoms with Crippen LogP contribution in [-0.2, 0) is 19.0 Å². The molecule has 2 aliphatic heterocycles. The molecule has 2 heterocycles. The number of carbonyl (C=O) groups is 1. The van der Waals surface area contributed by atoms with E-state index >= 15 is 0 Å². The molecule has 0 radical (unpaired) electrons. The zero-order chi connectivity index (χ0) is 29.1. The van der Waals surface area contributed by atoms with Crippen LogP contribution in [0.2, 0.25) is 0 Å². The van der Waals surface area contributed by atoms with Crippen LogP contribution in [0.1, 0.15) is 117 Å². The van der Waals surface area contributed by atoms with Crippen molar-refractivity contribution in [3.05, 3.63) is 0 Å². The van der Waals surface area contributed by atoms with Gasteiger partial charge in [0.2, 0.25) is 0 Å². The van der Waals surface area contributed by atoms with Crippen LogP contribution in [0.5, 0.6) is 0 Å². The van der Waals surface area contributed by atoms with E-state index in [0.29, 0.717) is 17.9 Å². The summed E-state index contributed by atoms with van der Waals surface area (Å²) in [5.41, 5.74) is -0.832. The molecule has 7 aliphatic rings. The molecule has 2 saturated heterocycles. The van der Waals surface area contributed by atoms with Gasteiger partial charge in [-0.15, -0.1) is 0 Å². The van der Waals surface area contributed by atoms with Crippen molar-refractivity contribution < 1.29 is 24.1 Å². The van der Waals surface area contributed by atoms with E-state index in [1.807, 2.05) is 20.8 Å². The van der Waals surface area contributed by atoms with E-state index in [1.165, 1.54) is 64.3 Å². The minimum Gasteiger partial charge on any atom is -0.459 e. The lowest BCUT2D eigenvalue weighted by molar-refractivity contribution is -0.282. The van der Waals surface area contributed by atoms with Gasteiger partial charge in [-0.05, 0) is 109 Å². The lowest BCUT2D eigenvalue weighted by atomic mass is 9.42. The van der Waals surface area contributed by atoms with E-state index in [4.69, 9.17) is 14.2 Å². The average molecular weight is 587 g/mol. The minimum absolute atomic E-state index is 0.0387. The van der Waals surface area contributed by atoms with Crippen molar-refractivity contribution in [2.45, 2.75) is 159 Å². The third-order valence-electron chi connectivity index (χ3n) is 12.7. The first-order chi connectivity index (χ1) is 20.2. The molecule has 42 heavy (non-hydrogen) atoms. The Bertz CT molecular complexity index is 975. The van der Waals surface area contributed by atoms with Crippen molar-refractivity contribution in [1.29, 1.82) is 0 Å². The fraction of sp³-hybridized carbons (Fsp3) is 0.971. The summed E-state index contributed by atoms with van der Waals surface area (Å²) in [6, 6.07) is 0.512. The molecule has 0 aromatic rings. The highest BCUT2D eigenvalue weighted by atomic mass is 16.6. The van der Waals surface area contributed by atoms with Crippen molar-refractivity contribution in [2.24, 2.45) is 29.1 Å². The van der Waals surface area contributed by atoms with Crippen LogP contribution >= 0.6 is 0 Å². The van der Waals surface area contributed by atoms with Crippen LogP contribution in [0.4, 0.5) is 0 Å². The predicted molar refractivity (Wildman–Crippen MR) is 162 cm³/mol. The van der Waals surface area contributed by atoms with Gasteiger partial charge in [0.25, 0.3) is 0 Å². The number of carbonyl (C=O) groups excluding carboxylic acids is 1. The first kappa shape index (κ1) is 30.0. The summed E-state index contributed by atoms with van der Waals surface area (Å²) in [4.78, 5) is 15.6. The number of nitrogens with zero attached hydrogens (tertiary/aromatic N) is 1. The molecule has 5 unspecified atom stereocenters. The topological polar surface area (TPSA) is 80.3 Å². The summed E-state index contributed by atoms with van der Waals surface area (Å²) in [7, 11) is 0. The number of hydrogen-bond donors (Lipinski definition) is 2. The second-order valence-electron chi connectivity index (χ2n) is 16.4. The lowest BCUT2D eigenvalue weighted by Crippen LogP contribution is -2.79. The Balaban J connectivity index is 1.17. The van der Waals surface area contributed by atoms with E-state index < -0.39 is 11.7 Å². The third-order valence-corrected chi connectivity index (χ3v) is 12.7. The molecule has 0 aromatic carbocycles. The third kappa shape index (κ3) is 5.29. The molecule has 9 atom stereocenters. The standard InChI is InChI=1S/C35H58N2O5/c1-33(2,3)42-29(39)21-36-26-15-16-35(40-19-7-10-23-8-5-4-6-9-23)28-20-25-13-14-27(38)31-30(25)34(35,32(26)41-31)17-18-37(28)22-24-11-12-24/h23-28,30-32,36,38H,4-22H2,1-3H3/t25?,26-,27?,28?,30?,31?,32-,34-,35+/m0/s1. The molecule has 2 bridgehead atoms. The Morgan fingerprint density at radius 3 is 2.60 bits per heavy atom. The number of aliphatic hydroxyl groups excluding tert-OH is 1. The van der Waals surface area contributed by atoms with Gasteiger partial charge < -0.3 is 24.6 Å². The second-order valence-corrected chi connectivity index (χ2v) is 16.4. The van der Waals surface area contributed by atoms with Crippen LogP contribution < -0.4 is 5.32 Å². The quantitative estimate of drug-likeness (QED) is 0.268. The number of rotatable bonds is 10. The monoisotopic (exact) mass is 586 g/mol. The van der Waals surface area contributed by atoms with Crippen LogP contribution in [0.15, 0.2) is 0 Å². The van der Waals surface area contributed by atoms with Gasteiger partial charge in [0.05, 0.1) is 30.5 Å². The van der Waals surface area contributed by atoms with Gasteiger partial charge in [-0.3, -0.25) is 9.69 Å². The Morgan fingerprint density at radius 2 is 1.83 bits per heavy atom. The van der Waals surface area contributed by atoms with Crippen molar-refractivity contribution in [3.8, 4) is 0 Å². The Labute approximate surface area is 254 Å². The number of esters is 1. The van der Waals surface area contributed by atoms with Crippen LogP contribution in [-0.4, -0.2) is 83.8 Å². The summed E-state index contributed by atoms with van der Waals surface area (Å²) in [5.74, 6) is 2.47. The molecule has 2 N–H and O–H groups in total. The summed E-state index contributed by atoms with van der Waals surface area (Å²) >= 11 is 0. The van der Waals surface area contributed by atoms with E-state index in [0.717, 1.165) is 63.5 Å². The molecular formula is C35H58N2O5. The number of nitrogens with one attached hydrogen (secondary N) is 1. The molecular weight excluding hydrogens is 528 g/mol. The van der Waals surface area contributed by atoms with Crippen LogP contribution in [0.25, 0.3) is 0 Å². The highest BCUT2D eigenvalue weighted by molar-refractivity contribution is 5.72. The van der Waals surface area contributed by atoms with E-state index in [-0.39, 0.29) is 41.8 Å². The van der Waals surface area contributed by atoms with Gasteiger partial charge in [-0.25, -0.2) is 0 Å². The largest absolute Gasteiger partial charge is 0.459 e. The number of aliphatic hydroxyl groups is 1. The fourth-order valence-electron chi connectivity index (χ4n) is 11.1. The van der Waals surface area contributed by atoms with Crippen molar-refractivity contribution in [2.75, 3.05) is 26.2 Å². The summed E-state index contributed by atoms with van der Waals surface area (Å²) < 4.78 is 20.2. The van der Waals surface area contributed by atoms with E-state index in [1.54, 1.807) is 0 Å². The van der Waals surface area contributed by atoms with Gasteiger partial charge in [0.15, 0.2) is 0 Å².